The van der Waals surface area contributed by atoms with E-state index in [2.05, 4.69) is 29.2 Å². The van der Waals surface area contributed by atoms with Crippen molar-refractivity contribution >= 4 is 5.97 Å². The summed E-state index contributed by atoms with van der Waals surface area (Å²) < 4.78 is 0. The van der Waals surface area contributed by atoms with E-state index in [-0.39, 0.29) is 5.92 Å². The molecule has 1 unspecified atom stereocenters. The molecule has 2 fully saturated rings. The number of nitrogens with zero attached hydrogens (tertiary/aromatic N) is 1. The zero-order valence-corrected chi connectivity index (χ0v) is 11.9. The summed E-state index contributed by atoms with van der Waals surface area (Å²) in [5.74, 6) is -0.0385. The van der Waals surface area contributed by atoms with Gasteiger partial charge in [0.15, 0.2) is 0 Å². The van der Waals surface area contributed by atoms with Crippen LogP contribution in [0.3, 0.4) is 0 Å². The van der Waals surface area contributed by atoms with Gasteiger partial charge in [-0.2, -0.15) is 0 Å². The Bertz CT molecular complexity index is 464. The Morgan fingerprint density at radius 1 is 1.15 bits per heavy atom. The molecule has 0 spiro atoms. The molecule has 3 rings (SSSR count). The molecule has 1 aliphatic heterocycles. The Labute approximate surface area is 120 Å². The summed E-state index contributed by atoms with van der Waals surface area (Å²) >= 11 is 0. The fourth-order valence-electron chi connectivity index (χ4n) is 3.30. The molecule has 3 heteroatoms. The van der Waals surface area contributed by atoms with Gasteiger partial charge in [-0.15, -0.1) is 0 Å². The molecule has 3 nitrogen and oxygen atoms in total. The molecule has 108 valence electrons. The van der Waals surface area contributed by atoms with E-state index in [1.54, 1.807) is 0 Å². The van der Waals surface area contributed by atoms with Gasteiger partial charge in [-0.25, -0.2) is 0 Å². The smallest absolute Gasteiger partial charge is 0.307 e. The standard InChI is InChI=1S/C17H23NO2/c19-17(20)16-5-2-10-18(12-16)11-13-6-8-15(9-7-13)14-3-1-4-14/h6-9,14,16H,1-5,10-12H2,(H,19,20). The van der Waals surface area contributed by atoms with Gasteiger partial charge in [0.2, 0.25) is 0 Å². The number of piperidine rings is 1. The van der Waals surface area contributed by atoms with Crippen molar-refractivity contribution in [1.82, 2.24) is 4.90 Å². The summed E-state index contributed by atoms with van der Waals surface area (Å²) in [7, 11) is 0. The Morgan fingerprint density at radius 3 is 2.50 bits per heavy atom. The minimum absolute atomic E-state index is 0.182. The van der Waals surface area contributed by atoms with Crippen LogP contribution in [0.1, 0.15) is 49.1 Å². The lowest BCUT2D eigenvalue weighted by Gasteiger charge is -2.31. The molecule has 1 saturated heterocycles. The van der Waals surface area contributed by atoms with Crippen LogP contribution in [-0.4, -0.2) is 29.1 Å². The van der Waals surface area contributed by atoms with Crippen LogP contribution in [0.5, 0.6) is 0 Å². The third-order valence-electron chi connectivity index (χ3n) is 4.82. The van der Waals surface area contributed by atoms with Crippen LogP contribution in [0.2, 0.25) is 0 Å². The van der Waals surface area contributed by atoms with Crippen LogP contribution in [0.15, 0.2) is 24.3 Å². The van der Waals surface area contributed by atoms with E-state index in [0.717, 1.165) is 31.8 Å². The molecule has 1 N–H and O–H groups in total. The fraction of sp³-hybridized carbons (Fsp3) is 0.588. The van der Waals surface area contributed by atoms with Gasteiger partial charge < -0.3 is 5.11 Å². The minimum Gasteiger partial charge on any atom is -0.481 e. The van der Waals surface area contributed by atoms with Gasteiger partial charge in [0.25, 0.3) is 0 Å². The molecule has 0 amide bonds. The Kier molecular flexibility index (Phi) is 4.06. The maximum atomic E-state index is 11.1. The average molecular weight is 273 g/mol. The maximum absolute atomic E-state index is 11.1. The number of benzene rings is 1. The van der Waals surface area contributed by atoms with Crippen LogP contribution in [0.25, 0.3) is 0 Å². The number of hydrogen-bond acceptors (Lipinski definition) is 2. The van der Waals surface area contributed by atoms with E-state index in [0.29, 0.717) is 6.54 Å². The van der Waals surface area contributed by atoms with E-state index in [1.807, 2.05) is 0 Å². The highest BCUT2D eigenvalue weighted by atomic mass is 16.4. The molecule has 0 aromatic heterocycles. The van der Waals surface area contributed by atoms with Crippen LogP contribution in [0.4, 0.5) is 0 Å². The molecule has 1 aliphatic carbocycles. The van der Waals surface area contributed by atoms with Gasteiger partial charge in [-0.3, -0.25) is 9.69 Å². The normalized spacial score (nSPS) is 24.3. The first kappa shape index (κ1) is 13.6. The highest BCUT2D eigenvalue weighted by Gasteiger charge is 2.25. The lowest BCUT2D eigenvalue weighted by atomic mass is 9.80. The van der Waals surface area contributed by atoms with Crippen molar-refractivity contribution < 1.29 is 9.90 Å². The second kappa shape index (κ2) is 5.96. The number of hydrogen-bond donors (Lipinski definition) is 1. The predicted octanol–water partition coefficient (Wildman–Crippen LogP) is 3.25. The number of aliphatic carboxylic acids is 1. The number of carboxylic acid groups (broad SMARTS) is 1. The Morgan fingerprint density at radius 2 is 1.90 bits per heavy atom. The van der Waals surface area contributed by atoms with Crippen molar-refractivity contribution in [3.05, 3.63) is 35.4 Å². The topological polar surface area (TPSA) is 40.5 Å². The first-order valence-electron chi connectivity index (χ1n) is 7.76. The van der Waals surface area contributed by atoms with Crippen LogP contribution in [0, 0.1) is 5.92 Å². The summed E-state index contributed by atoms with van der Waals surface area (Å²) in [5, 5.41) is 9.13. The van der Waals surface area contributed by atoms with Gasteiger partial charge in [0.1, 0.15) is 0 Å². The van der Waals surface area contributed by atoms with Crippen molar-refractivity contribution in [2.45, 2.75) is 44.6 Å². The van der Waals surface area contributed by atoms with E-state index >= 15 is 0 Å². The summed E-state index contributed by atoms with van der Waals surface area (Å²) in [4.78, 5) is 13.4. The Balaban J connectivity index is 1.58. The molecule has 1 aromatic carbocycles. The highest BCUT2D eigenvalue weighted by Crippen LogP contribution is 2.36. The van der Waals surface area contributed by atoms with Gasteiger partial charge in [-0.1, -0.05) is 30.7 Å². The van der Waals surface area contributed by atoms with E-state index in [4.69, 9.17) is 5.11 Å². The molecular weight excluding hydrogens is 250 g/mol. The number of likely N-dealkylation sites (tertiary alicyclic amines) is 1. The quantitative estimate of drug-likeness (QED) is 0.915. The van der Waals surface area contributed by atoms with E-state index < -0.39 is 5.97 Å². The molecule has 0 radical (unpaired) electrons. The second-order valence-electron chi connectivity index (χ2n) is 6.28. The summed E-state index contributed by atoms with van der Waals surface area (Å²) in [5.41, 5.74) is 2.78. The summed E-state index contributed by atoms with van der Waals surface area (Å²) in [6.45, 7) is 2.60. The molecular formula is C17H23NO2. The minimum atomic E-state index is -0.643. The van der Waals surface area contributed by atoms with Gasteiger partial charge in [-0.05, 0) is 49.3 Å². The highest BCUT2D eigenvalue weighted by molar-refractivity contribution is 5.70. The van der Waals surface area contributed by atoms with Crippen molar-refractivity contribution in [2.24, 2.45) is 5.92 Å². The first-order chi connectivity index (χ1) is 9.72. The van der Waals surface area contributed by atoms with Crippen molar-refractivity contribution in [3.8, 4) is 0 Å². The summed E-state index contributed by atoms with van der Waals surface area (Å²) in [6.07, 6.45) is 5.87. The lowest BCUT2D eigenvalue weighted by molar-refractivity contribution is -0.143. The van der Waals surface area contributed by atoms with Gasteiger partial charge in [0, 0.05) is 13.1 Å². The second-order valence-corrected chi connectivity index (χ2v) is 6.28. The zero-order chi connectivity index (χ0) is 13.9. The molecule has 1 saturated carbocycles. The predicted molar refractivity (Wildman–Crippen MR) is 78.7 cm³/mol. The lowest BCUT2D eigenvalue weighted by Crippen LogP contribution is -2.38. The summed E-state index contributed by atoms with van der Waals surface area (Å²) in [6, 6.07) is 8.96. The van der Waals surface area contributed by atoms with Crippen molar-refractivity contribution in [1.29, 1.82) is 0 Å². The molecule has 1 aromatic rings. The fourth-order valence-corrected chi connectivity index (χ4v) is 3.30. The SMILES string of the molecule is O=C(O)C1CCCN(Cc2ccc(C3CCC3)cc2)C1. The van der Waals surface area contributed by atoms with Crippen LogP contribution in [-0.2, 0) is 11.3 Å². The molecule has 20 heavy (non-hydrogen) atoms. The molecule has 0 bridgehead atoms. The van der Waals surface area contributed by atoms with Crippen LogP contribution < -0.4 is 0 Å². The third kappa shape index (κ3) is 3.04. The first-order valence-corrected chi connectivity index (χ1v) is 7.76. The van der Waals surface area contributed by atoms with Gasteiger partial charge in [0.05, 0.1) is 5.92 Å². The third-order valence-corrected chi connectivity index (χ3v) is 4.82. The van der Waals surface area contributed by atoms with E-state index in [9.17, 15) is 4.79 Å². The van der Waals surface area contributed by atoms with Crippen molar-refractivity contribution in [3.63, 3.8) is 0 Å². The van der Waals surface area contributed by atoms with Crippen molar-refractivity contribution in [2.75, 3.05) is 13.1 Å². The zero-order valence-electron chi connectivity index (χ0n) is 11.9. The molecule has 1 heterocycles. The maximum Gasteiger partial charge on any atom is 0.307 e. The Hall–Kier alpha value is -1.35. The van der Waals surface area contributed by atoms with E-state index in [1.165, 1.54) is 30.4 Å². The molecule has 1 atom stereocenters. The van der Waals surface area contributed by atoms with Gasteiger partial charge >= 0.3 is 5.97 Å². The largest absolute Gasteiger partial charge is 0.481 e. The monoisotopic (exact) mass is 273 g/mol. The average Bonchev–Trinajstić information content (AvgIpc) is 2.39. The number of rotatable bonds is 4. The molecule has 2 aliphatic rings. The van der Waals surface area contributed by atoms with Crippen LogP contribution >= 0.6 is 0 Å². The number of carboxylic acids is 1. The number of carbonyl (C=O) groups is 1.